The zero-order chi connectivity index (χ0) is 20.3. The molecule has 0 aromatic heterocycles. The summed E-state index contributed by atoms with van der Waals surface area (Å²) in [6, 6.07) is 3.78. The summed E-state index contributed by atoms with van der Waals surface area (Å²) in [5.41, 5.74) is 0.616. The van der Waals surface area contributed by atoms with Crippen molar-refractivity contribution >= 4 is 27.9 Å². The van der Waals surface area contributed by atoms with Gasteiger partial charge >= 0.3 is 12.0 Å². The second-order valence-electron chi connectivity index (χ2n) is 6.79. The second kappa shape index (κ2) is 8.27. The maximum absolute atomic E-state index is 12.8. The van der Waals surface area contributed by atoms with E-state index in [-0.39, 0.29) is 17.0 Å². The van der Waals surface area contributed by atoms with E-state index in [0.717, 1.165) is 24.2 Å². The number of urea groups is 1. The van der Waals surface area contributed by atoms with E-state index in [0.29, 0.717) is 25.2 Å². The van der Waals surface area contributed by atoms with Gasteiger partial charge in [0.2, 0.25) is 10.0 Å². The van der Waals surface area contributed by atoms with Gasteiger partial charge in [-0.3, -0.25) is 9.69 Å². The highest BCUT2D eigenvalue weighted by molar-refractivity contribution is 7.89. The number of piperidine rings is 1. The number of hydrogen-bond acceptors (Lipinski definition) is 6. The topological polar surface area (TPSA) is 113 Å². The van der Waals surface area contributed by atoms with E-state index in [4.69, 9.17) is 4.74 Å². The Morgan fingerprint density at radius 2 is 1.86 bits per heavy atom. The van der Waals surface area contributed by atoms with E-state index in [1.807, 2.05) is 0 Å². The summed E-state index contributed by atoms with van der Waals surface area (Å²) in [5, 5.41) is 2.49. The van der Waals surface area contributed by atoms with E-state index in [1.165, 1.54) is 16.4 Å². The quantitative estimate of drug-likeness (QED) is 0.723. The number of nitrogens with zero attached hydrogens (tertiary/aromatic N) is 2. The van der Waals surface area contributed by atoms with Crippen LogP contribution in [-0.2, 0) is 19.6 Å². The molecule has 3 amide bonds. The molecule has 2 fully saturated rings. The Balaban J connectivity index is 1.72. The maximum atomic E-state index is 12.8. The summed E-state index contributed by atoms with van der Waals surface area (Å²) in [4.78, 5) is 36.9. The molecule has 0 saturated carbocycles. The van der Waals surface area contributed by atoms with Crippen molar-refractivity contribution in [1.29, 1.82) is 0 Å². The van der Waals surface area contributed by atoms with Gasteiger partial charge in [-0.15, -0.1) is 0 Å². The van der Waals surface area contributed by atoms with Crippen molar-refractivity contribution in [1.82, 2.24) is 14.5 Å². The molecule has 10 heteroatoms. The molecule has 1 N–H and O–H groups in total. The van der Waals surface area contributed by atoms with Crippen molar-refractivity contribution in [3.05, 3.63) is 29.3 Å². The average molecular weight is 409 g/mol. The number of esters is 1. The van der Waals surface area contributed by atoms with Crippen LogP contribution >= 0.6 is 0 Å². The molecular formula is C18H23N3O6S. The van der Waals surface area contributed by atoms with Crippen LogP contribution in [0.2, 0.25) is 0 Å². The minimum Gasteiger partial charge on any atom is -0.452 e. The predicted molar refractivity (Wildman–Crippen MR) is 99.2 cm³/mol. The van der Waals surface area contributed by atoms with Gasteiger partial charge in [0.1, 0.15) is 0 Å². The minimum atomic E-state index is -3.69. The van der Waals surface area contributed by atoms with Crippen LogP contribution in [0, 0.1) is 6.92 Å². The van der Waals surface area contributed by atoms with E-state index in [1.54, 1.807) is 13.0 Å². The fourth-order valence-corrected chi connectivity index (χ4v) is 4.77. The van der Waals surface area contributed by atoms with Gasteiger partial charge in [0.15, 0.2) is 6.61 Å². The lowest BCUT2D eigenvalue weighted by molar-refractivity contribution is -0.130. The van der Waals surface area contributed by atoms with Gasteiger partial charge in [-0.25, -0.2) is 18.0 Å². The number of aryl methyl sites for hydroxylation is 1. The number of nitrogens with one attached hydrogen (secondary N) is 1. The van der Waals surface area contributed by atoms with E-state index in [9.17, 15) is 22.8 Å². The Labute approximate surface area is 163 Å². The van der Waals surface area contributed by atoms with Crippen molar-refractivity contribution in [3.63, 3.8) is 0 Å². The number of ether oxygens (including phenoxy) is 1. The summed E-state index contributed by atoms with van der Waals surface area (Å²) in [7, 11) is -3.69. The number of imide groups is 1. The number of carbonyl (C=O) groups is 3. The van der Waals surface area contributed by atoms with Crippen LogP contribution in [0.5, 0.6) is 0 Å². The van der Waals surface area contributed by atoms with Crippen molar-refractivity contribution in [3.8, 4) is 0 Å². The van der Waals surface area contributed by atoms with Crippen LogP contribution in [0.25, 0.3) is 0 Å². The first-order chi connectivity index (χ1) is 13.3. The lowest BCUT2D eigenvalue weighted by Gasteiger charge is -2.26. The van der Waals surface area contributed by atoms with Crippen LogP contribution in [0.1, 0.15) is 35.2 Å². The normalized spacial score (nSPS) is 18.0. The number of carbonyl (C=O) groups excluding carboxylic acids is 3. The molecule has 0 radical (unpaired) electrons. The number of sulfonamides is 1. The molecule has 2 saturated heterocycles. The number of amides is 3. The molecule has 3 rings (SSSR count). The lowest BCUT2D eigenvalue weighted by atomic mass is 10.1. The molecular weight excluding hydrogens is 386 g/mol. The Morgan fingerprint density at radius 1 is 1.14 bits per heavy atom. The highest BCUT2D eigenvalue weighted by Gasteiger charge is 2.29. The van der Waals surface area contributed by atoms with Gasteiger partial charge in [0.05, 0.1) is 10.5 Å². The third-order valence-electron chi connectivity index (χ3n) is 4.87. The average Bonchev–Trinajstić information content (AvgIpc) is 3.12. The molecule has 2 heterocycles. The smallest absolute Gasteiger partial charge is 0.338 e. The third kappa shape index (κ3) is 4.17. The Morgan fingerprint density at radius 3 is 2.50 bits per heavy atom. The minimum absolute atomic E-state index is 0.0252. The SMILES string of the molecule is Cc1ccc(S(=O)(=O)N2CCCCC2)cc1C(=O)OCC(=O)N1CCNC1=O. The van der Waals surface area contributed by atoms with Crippen LogP contribution in [-0.4, -0.2) is 68.3 Å². The molecule has 2 aliphatic heterocycles. The van der Waals surface area contributed by atoms with Gasteiger partial charge < -0.3 is 10.1 Å². The summed E-state index contributed by atoms with van der Waals surface area (Å²) >= 11 is 0. The Bertz CT molecular complexity index is 893. The molecule has 2 aliphatic rings. The fourth-order valence-electron chi connectivity index (χ4n) is 3.23. The molecule has 1 aromatic carbocycles. The third-order valence-corrected chi connectivity index (χ3v) is 6.76. The zero-order valence-corrected chi connectivity index (χ0v) is 16.5. The van der Waals surface area contributed by atoms with Crippen LogP contribution in [0.15, 0.2) is 23.1 Å². The molecule has 9 nitrogen and oxygen atoms in total. The van der Waals surface area contributed by atoms with Crippen molar-refractivity contribution < 1.29 is 27.5 Å². The van der Waals surface area contributed by atoms with Crippen LogP contribution in [0.4, 0.5) is 4.79 Å². The molecule has 1 aromatic rings. The van der Waals surface area contributed by atoms with E-state index < -0.39 is 34.5 Å². The summed E-state index contributed by atoms with van der Waals surface area (Å²) in [6.45, 7) is 2.56. The lowest BCUT2D eigenvalue weighted by Crippen LogP contribution is -2.37. The first kappa shape index (κ1) is 20.3. The second-order valence-corrected chi connectivity index (χ2v) is 8.73. The molecule has 0 aliphatic carbocycles. The van der Waals surface area contributed by atoms with Crippen molar-refractivity contribution in [2.75, 3.05) is 32.8 Å². The highest BCUT2D eigenvalue weighted by Crippen LogP contribution is 2.23. The Kier molecular flexibility index (Phi) is 5.99. The van der Waals surface area contributed by atoms with Gasteiger partial charge in [-0.1, -0.05) is 12.5 Å². The summed E-state index contributed by atoms with van der Waals surface area (Å²) < 4.78 is 32.1. The van der Waals surface area contributed by atoms with Gasteiger partial charge in [0.25, 0.3) is 5.91 Å². The summed E-state index contributed by atoms with van der Waals surface area (Å²) in [5.74, 6) is -1.43. The number of benzene rings is 1. The van der Waals surface area contributed by atoms with Crippen LogP contribution in [0.3, 0.4) is 0 Å². The number of rotatable bonds is 5. The fraction of sp³-hybridized carbons (Fsp3) is 0.500. The van der Waals surface area contributed by atoms with E-state index >= 15 is 0 Å². The van der Waals surface area contributed by atoms with Gasteiger partial charge in [0, 0.05) is 26.2 Å². The first-order valence-electron chi connectivity index (χ1n) is 9.17. The zero-order valence-electron chi connectivity index (χ0n) is 15.6. The maximum Gasteiger partial charge on any atom is 0.338 e. The van der Waals surface area contributed by atoms with Crippen LogP contribution < -0.4 is 5.32 Å². The predicted octanol–water partition coefficient (Wildman–Crippen LogP) is 0.878. The molecule has 0 bridgehead atoms. The molecule has 28 heavy (non-hydrogen) atoms. The highest BCUT2D eigenvalue weighted by atomic mass is 32.2. The van der Waals surface area contributed by atoms with Crippen molar-refractivity contribution in [2.45, 2.75) is 31.1 Å². The van der Waals surface area contributed by atoms with Gasteiger partial charge in [-0.2, -0.15) is 4.31 Å². The van der Waals surface area contributed by atoms with Crippen molar-refractivity contribution in [2.24, 2.45) is 0 Å². The number of hydrogen-bond donors (Lipinski definition) is 1. The monoisotopic (exact) mass is 409 g/mol. The van der Waals surface area contributed by atoms with E-state index in [2.05, 4.69) is 5.32 Å². The first-order valence-corrected chi connectivity index (χ1v) is 10.6. The van der Waals surface area contributed by atoms with Gasteiger partial charge in [-0.05, 0) is 37.5 Å². The molecule has 152 valence electrons. The molecule has 0 atom stereocenters. The largest absolute Gasteiger partial charge is 0.452 e. The molecule has 0 spiro atoms. The molecule has 0 unspecified atom stereocenters. The summed E-state index contributed by atoms with van der Waals surface area (Å²) in [6.07, 6.45) is 2.62. The Hall–Kier alpha value is -2.46. The standard InChI is InChI=1S/C18H23N3O6S/c1-13-5-6-14(28(25,26)20-8-3-2-4-9-20)11-15(13)17(23)27-12-16(22)21-10-7-19-18(21)24/h5-6,11H,2-4,7-10,12H2,1H3,(H,19,24).